The molecule has 2 aromatic carbocycles. The van der Waals surface area contributed by atoms with Crippen LogP contribution < -0.4 is 4.74 Å². The lowest BCUT2D eigenvalue weighted by molar-refractivity contribution is 0.0829. The Balaban J connectivity index is 1.84. The van der Waals surface area contributed by atoms with Crippen molar-refractivity contribution < 1.29 is 13.5 Å². The van der Waals surface area contributed by atoms with Crippen LogP contribution in [0.25, 0.3) is 0 Å². The monoisotopic (exact) mass is 327 g/mol. The highest BCUT2D eigenvalue weighted by atomic mass is 19.1. The van der Waals surface area contributed by atoms with E-state index >= 15 is 0 Å². The Morgan fingerprint density at radius 1 is 1.12 bits per heavy atom. The van der Waals surface area contributed by atoms with Crippen LogP contribution in [0.3, 0.4) is 0 Å². The summed E-state index contributed by atoms with van der Waals surface area (Å²) in [6.07, 6.45) is 5.97. The van der Waals surface area contributed by atoms with E-state index in [0.717, 1.165) is 13.0 Å². The van der Waals surface area contributed by atoms with Crippen LogP contribution in [-0.2, 0) is 0 Å². The molecule has 1 fully saturated rings. The fraction of sp³-hybridized carbons (Fsp3) is 0.300. The molecule has 0 aliphatic carbocycles. The average Bonchev–Trinajstić information content (AvgIpc) is 2.59. The predicted molar refractivity (Wildman–Crippen MR) is 89.8 cm³/mol. The van der Waals surface area contributed by atoms with Gasteiger partial charge in [0.1, 0.15) is 23.5 Å². The Morgan fingerprint density at radius 2 is 1.88 bits per heavy atom. The quantitative estimate of drug-likeness (QED) is 0.791. The third kappa shape index (κ3) is 3.74. The van der Waals surface area contributed by atoms with Gasteiger partial charge >= 0.3 is 0 Å². The number of rotatable bonds is 4. The van der Waals surface area contributed by atoms with Crippen LogP contribution in [0.2, 0.25) is 0 Å². The van der Waals surface area contributed by atoms with E-state index in [2.05, 4.69) is 10.8 Å². The molecular formula is C20H19F2NO. The second kappa shape index (κ2) is 7.46. The maximum atomic E-state index is 14.3. The molecule has 1 heterocycles. The minimum Gasteiger partial charge on any atom is -0.490 e. The summed E-state index contributed by atoms with van der Waals surface area (Å²) in [6.45, 7) is 1.96. The van der Waals surface area contributed by atoms with E-state index in [-0.39, 0.29) is 23.7 Å². The number of terminal acetylenes is 1. The zero-order valence-corrected chi connectivity index (χ0v) is 13.3. The molecule has 0 bridgehead atoms. The number of likely N-dealkylation sites (tertiary alicyclic amines) is 1. The molecule has 0 aromatic heterocycles. The van der Waals surface area contributed by atoms with E-state index in [9.17, 15) is 8.78 Å². The fourth-order valence-corrected chi connectivity index (χ4v) is 3.17. The minimum absolute atomic E-state index is 0.127. The number of hydrogen-bond acceptors (Lipinski definition) is 2. The van der Waals surface area contributed by atoms with Gasteiger partial charge in [-0.25, -0.2) is 8.78 Å². The zero-order chi connectivity index (χ0) is 16.9. The van der Waals surface area contributed by atoms with Gasteiger partial charge in [-0.2, -0.15) is 0 Å². The van der Waals surface area contributed by atoms with E-state index in [0.29, 0.717) is 24.4 Å². The Morgan fingerprint density at radius 3 is 2.58 bits per heavy atom. The molecule has 1 aliphatic heterocycles. The molecule has 0 saturated carbocycles. The van der Waals surface area contributed by atoms with Gasteiger partial charge in [0.05, 0.1) is 6.54 Å². The summed E-state index contributed by atoms with van der Waals surface area (Å²) in [6, 6.07) is 12.7. The molecule has 0 amide bonds. The Kier molecular flexibility index (Phi) is 5.12. The van der Waals surface area contributed by atoms with Gasteiger partial charge in [0, 0.05) is 19.0 Å². The van der Waals surface area contributed by atoms with Gasteiger partial charge in [0.2, 0.25) is 0 Å². The van der Waals surface area contributed by atoms with Gasteiger partial charge in [-0.1, -0.05) is 24.1 Å². The molecule has 24 heavy (non-hydrogen) atoms. The molecule has 2 nitrogen and oxygen atoms in total. The molecule has 3 rings (SSSR count). The van der Waals surface area contributed by atoms with Crippen LogP contribution in [0.15, 0.2) is 48.5 Å². The summed E-state index contributed by atoms with van der Waals surface area (Å²) in [7, 11) is 0. The van der Waals surface area contributed by atoms with Gasteiger partial charge in [-0.05, 0) is 42.3 Å². The first-order valence-corrected chi connectivity index (χ1v) is 8.00. The molecular weight excluding hydrogens is 308 g/mol. The molecule has 2 atom stereocenters. The van der Waals surface area contributed by atoms with Gasteiger partial charge in [0.15, 0.2) is 0 Å². The summed E-state index contributed by atoms with van der Waals surface area (Å²) >= 11 is 0. The van der Waals surface area contributed by atoms with Gasteiger partial charge in [0.25, 0.3) is 0 Å². The fourth-order valence-electron chi connectivity index (χ4n) is 3.17. The lowest BCUT2D eigenvalue weighted by Gasteiger charge is -2.38. The van der Waals surface area contributed by atoms with Crippen LogP contribution >= 0.6 is 0 Å². The predicted octanol–water partition coefficient (Wildman–Crippen LogP) is 3.83. The minimum atomic E-state index is -0.308. The molecule has 0 spiro atoms. The topological polar surface area (TPSA) is 12.5 Å². The van der Waals surface area contributed by atoms with Crippen molar-refractivity contribution in [3.8, 4) is 18.1 Å². The van der Waals surface area contributed by atoms with Crippen molar-refractivity contribution in [1.82, 2.24) is 4.90 Å². The van der Waals surface area contributed by atoms with Crippen molar-refractivity contribution in [3.05, 3.63) is 65.7 Å². The van der Waals surface area contributed by atoms with Crippen LogP contribution in [0.5, 0.6) is 5.75 Å². The maximum absolute atomic E-state index is 14.3. The summed E-state index contributed by atoms with van der Waals surface area (Å²) in [4.78, 5) is 2.13. The van der Waals surface area contributed by atoms with Crippen molar-refractivity contribution in [2.75, 3.05) is 19.6 Å². The van der Waals surface area contributed by atoms with Crippen LogP contribution in [0.1, 0.15) is 17.9 Å². The highest BCUT2D eigenvalue weighted by Crippen LogP contribution is 2.32. The van der Waals surface area contributed by atoms with Gasteiger partial charge < -0.3 is 4.74 Å². The smallest absolute Gasteiger partial charge is 0.126 e. The second-order valence-electron chi connectivity index (χ2n) is 5.97. The Labute approximate surface area is 141 Å². The highest BCUT2D eigenvalue weighted by molar-refractivity contribution is 5.27. The largest absolute Gasteiger partial charge is 0.490 e. The molecule has 4 heteroatoms. The van der Waals surface area contributed by atoms with Crippen molar-refractivity contribution in [2.24, 2.45) is 0 Å². The Hall–Kier alpha value is -2.38. The highest BCUT2D eigenvalue weighted by Gasteiger charge is 2.33. The van der Waals surface area contributed by atoms with E-state index < -0.39 is 0 Å². The number of nitrogens with zero attached hydrogens (tertiary/aromatic N) is 1. The standard InChI is InChI=1S/C20H19F2NO/c1-2-12-23-13-11-20(24-16-9-7-15(21)8-10-16)18(14-23)17-5-3-4-6-19(17)22/h1,3-10,18,20H,11-14H2/t18-,20+/m1/s1. The second-order valence-corrected chi connectivity index (χ2v) is 5.97. The summed E-state index contributed by atoms with van der Waals surface area (Å²) in [5.41, 5.74) is 0.631. The summed E-state index contributed by atoms with van der Waals surface area (Å²) in [5.74, 6) is 2.56. The first-order valence-electron chi connectivity index (χ1n) is 8.00. The SMILES string of the molecule is C#CCN1CC[C@H](Oc2ccc(F)cc2)[C@@H](c2ccccc2F)C1. The molecule has 0 unspecified atom stereocenters. The zero-order valence-electron chi connectivity index (χ0n) is 13.3. The van der Waals surface area contributed by atoms with Crippen LogP contribution in [-0.4, -0.2) is 30.6 Å². The molecule has 0 radical (unpaired) electrons. The molecule has 2 aromatic rings. The normalized spacial score (nSPS) is 21.2. The van der Waals surface area contributed by atoms with E-state index in [1.165, 1.54) is 18.2 Å². The van der Waals surface area contributed by atoms with Gasteiger partial charge in [-0.3, -0.25) is 4.90 Å². The number of hydrogen-bond donors (Lipinski definition) is 0. The maximum Gasteiger partial charge on any atom is 0.126 e. The third-order valence-corrected chi connectivity index (χ3v) is 4.35. The molecule has 1 aliphatic rings. The van der Waals surface area contributed by atoms with Crippen molar-refractivity contribution in [2.45, 2.75) is 18.4 Å². The molecule has 0 N–H and O–H groups in total. The van der Waals surface area contributed by atoms with Crippen molar-refractivity contribution in [1.29, 1.82) is 0 Å². The third-order valence-electron chi connectivity index (χ3n) is 4.35. The molecule has 1 saturated heterocycles. The van der Waals surface area contributed by atoms with Gasteiger partial charge in [-0.15, -0.1) is 6.42 Å². The number of piperidine rings is 1. The lowest BCUT2D eigenvalue weighted by Crippen LogP contribution is -2.44. The number of benzene rings is 2. The molecule has 124 valence electrons. The van der Waals surface area contributed by atoms with Crippen LogP contribution in [0, 0.1) is 24.0 Å². The van der Waals surface area contributed by atoms with E-state index in [1.54, 1.807) is 24.3 Å². The summed E-state index contributed by atoms with van der Waals surface area (Å²) in [5, 5.41) is 0. The average molecular weight is 327 g/mol. The lowest BCUT2D eigenvalue weighted by atomic mass is 9.87. The van der Waals surface area contributed by atoms with E-state index in [4.69, 9.17) is 11.2 Å². The first-order chi connectivity index (χ1) is 11.7. The Bertz CT molecular complexity index is 723. The van der Waals surface area contributed by atoms with Crippen molar-refractivity contribution >= 4 is 0 Å². The number of ether oxygens (including phenoxy) is 1. The van der Waals surface area contributed by atoms with E-state index in [1.807, 2.05) is 6.07 Å². The van der Waals surface area contributed by atoms with Crippen molar-refractivity contribution in [3.63, 3.8) is 0 Å². The first kappa shape index (κ1) is 16.5. The number of halogens is 2. The summed E-state index contributed by atoms with van der Waals surface area (Å²) < 4.78 is 33.4. The van der Waals surface area contributed by atoms with Crippen LogP contribution in [0.4, 0.5) is 8.78 Å².